The third-order valence-electron chi connectivity index (χ3n) is 4.87. The van der Waals surface area contributed by atoms with Gasteiger partial charge in [0.25, 0.3) is 0 Å². The first-order chi connectivity index (χ1) is 12.6. The molecule has 0 spiro atoms. The van der Waals surface area contributed by atoms with Gasteiger partial charge in [0.1, 0.15) is 6.61 Å². The zero-order valence-electron chi connectivity index (χ0n) is 15.1. The van der Waals surface area contributed by atoms with Gasteiger partial charge in [0, 0.05) is 12.5 Å². The Bertz CT molecular complexity index is 743. The molecular weight excluding hydrogens is 328 g/mol. The van der Waals surface area contributed by atoms with E-state index in [9.17, 15) is 9.59 Å². The summed E-state index contributed by atoms with van der Waals surface area (Å²) in [6, 6.07) is 16.3. The molecule has 0 saturated carbocycles. The molecule has 2 amide bonds. The number of amides is 2. The molecule has 5 heteroatoms. The zero-order valence-corrected chi connectivity index (χ0v) is 15.1. The summed E-state index contributed by atoms with van der Waals surface area (Å²) in [5.74, 6) is 0.224. The van der Waals surface area contributed by atoms with Crippen LogP contribution in [0.3, 0.4) is 0 Å². The molecular formula is C21H24N2O3. The minimum atomic E-state index is -0.460. The van der Waals surface area contributed by atoms with Crippen molar-refractivity contribution in [2.24, 2.45) is 5.92 Å². The molecule has 3 rings (SSSR count). The highest BCUT2D eigenvalue weighted by Crippen LogP contribution is 2.44. The van der Waals surface area contributed by atoms with Crippen molar-refractivity contribution in [3.63, 3.8) is 0 Å². The smallest absolute Gasteiger partial charge is 0.407 e. The fraction of sp³-hybridized carbons (Fsp3) is 0.333. The maximum Gasteiger partial charge on any atom is 0.407 e. The third-order valence-corrected chi connectivity index (χ3v) is 4.87. The first-order valence-electron chi connectivity index (χ1n) is 8.90. The van der Waals surface area contributed by atoms with Crippen molar-refractivity contribution in [2.45, 2.75) is 25.8 Å². The van der Waals surface area contributed by atoms with Gasteiger partial charge >= 0.3 is 6.09 Å². The van der Waals surface area contributed by atoms with Gasteiger partial charge in [-0.05, 0) is 28.2 Å². The highest BCUT2D eigenvalue weighted by Gasteiger charge is 2.29. The van der Waals surface area contributed by atoms with E-state index in [1.165, 1.54) is 22.3 Å². The number of hydrogen-bond acceptors (Lipinski definition) is 3. The number of rotatable bonds is 7. The first kappa shape index (κ1) is 18.0. The normalized spacial score (nSPS) is 13.7. The Labute approximate surface area is 153 Å². The molecule has 0 fully saturated rings. The second kappa shape index (κ2) is 8.04. The van der Waals surface area contributed by atoms with E-state index in [0.29, 0.717) is 13.0 Å². The number of ether oxygens (including phenoxy) is 1. The Morgan fingerprint density at radius 2 is 1.65 bits per heavy atom. The van der Waals surface area contributed by atoms with E-state index in [0.717, 1.165) is 0 Å². The van der Waals surface area contributed by atoms with Crippen LogP contribution in [0.4, 0.5) is 4.79 Å². The highest BCUT2D eigenvalue weighted by atomic mass is 16.5. The van der Waals surface area contributed by atoms with Crippen LogP contribution in [0.15, 0.2) is 48.5 Å². The van der Waals surface area contributed by atoms with Gasteiger partial charge in [-0.15, -0.1) is 0 Å². The summed E-state index contributed by atoms with van der Waals surface area (Å²) in [6.07, 6.45) is 0.174. The van der Waals surface area contributed by atoms with Crippen LogP contribution in [0.1, 0.15) is 30.9 Å². The largest absolute Gasteiger partial charge is 0.449 e. The maximum atomic E-state index is 12.3. The van der Waals surface area contributed by atoms with Crippen molar-refractivity contribution < 1.29 is 14.3 Å². The molecule has 136 valence electrons. The Hall–Kier alpha value is -2.82. The van der Waals surface area contributed by atoms with Crippen molar-refractivity contribution in [3.05, 3.63) is 59.7 Å². The van der Waals surface area contributed by atoms with Crippen molar-refractivity contribution in [1.82, 2.24) is 10.6 Å². The minimum absolute atomic E-state index is 0.0405. The Morgan fingerprint density at radius 3 is 2.19 bits per heavy atom. The molecule has 2 N–H and O–H groups in total. The second-order valence-corrected chi connectivity index (χ2v) is 6.85. The van der Waals surface area contributed by atoms with Gasteiger partial charge in [-0.3, -0.25) is 4.79 Å². The summed E-state index contributed by atoms with van der Waals surface area (Å²) in [7, 11) is 0. The predicted octanol–water partition coefficient (Wildman–Crippen LogP) is 3.30. The standard InChI is InChI=1S/C21H24N2O3/c1-14(2)20(11-22-13-24)23-21(25)26-12-19-17-9-5-3-7-15(17)16-8-4-6-10-18(16)19/h3-10,13-14,19-20H,11-12H2,1-2H3,(H,22,24)(H,23,25)/t20-/m1/s1. The third kappa shape index (κ3) is 3.72. The van der Waals surface area contributed by atoms with Crippen LogP contribution in [-0.2, 0) is 9.53 Å². The fourth-order valence-electron chi connectivity index (χ4n) is 3.42. The number of carbonyl (C=O) groups excluding carboxylic acids is 2. The second-order valence-electron chi connectivity index (χ2n) is 6.85. The van der Waals surface area contributed by atoms with Gasteiger partial charge in [-0.25, -0.2) is 4.79 Å². The summed E-state index contributed by atoms with van der Waals surface area (Å²) in [6.45, 7) is 4.64. The molecule has 0 radical (unpaired) electrons. The predicted molar refractivity (Wildman–Crippen MR) is 101 cm³/mol. The molecule has 0 unspecified atom stereocenters. The van der Waals surface area contributed by atoms with E-state index in [1.807, 2.05) is 38.1 Å². The molecule has 0 saturated heterocycles. The lowest BCUT2D eigenvalue weighted by Crippen LogP contribution is -2.45. The van der Waals surface area contributed by atoms with Crippen LogP contribution in [-0.4, -0.2) is 31.7 Å². The zero-order chi connectivity index (χ0) is 18.5. The fourth-order valence-corrected chi connectivity index (χ4v) is 3.42. The first-order valence-corrected chi connectivity index (χ1v) is 8.90. The van der Waals surface area contributed by atoms with Gasteiger partial charge in [-0.2, -0.15) is 0 Å². The topological polar surface area (TPSA) is 67.4 Å². The minimum Gasteiger partial charge on any atom is -0.449 e. The van der Waals surface area contributed by atoms with E-state index >= 15 is 0 Å². The van der Waals surface area contributed by atoms with Gasteiger partial charge in [0.2, 0.25) is 6.41 Å². The van der Waals surface area contributed by atoms with Crippen molar-refractivity contribution >= 4 is 12.5 Å². The number of benzene rings is 2. The molecule has 0 heterocycles. The van der Waals surface area contributed by atoms with Gasteiger partial charge < -0.3 is 15.4 Å². The number of alkyl carbamates (subject to hydrolysis) is 1. The number of hydrogen-bond donors (Lipinski definition) is 2. The summed E-state index contributed by atoms with van der Waals surface area (Å²) in [5.41, 5.74) is 4.77. The van der Waals surface area contributed by atoms with Crippen LogP contribution in [0.25, 0.3) is 11.1 Å². The van der Waals surface area contributed by atoms with Crippen molar-refractivity contribution in [3.8, 4) is 11.1 Å². The maximum absolute atomic E-state index is 12.3. The van der Waals surface area contributed by atoms with Crippen molar-refractivity contribution in [2.75, 3.05) is 13.2 Å². The number of fused-ring (bicyclic) bond motifs is 3. The summed E-state index contributed by atoms with van der Waals surface area (Å²) in [4.78, 5) is 22.7. The van der Waals surface area contributed by atoms with Crippen LogP contribution in [0.2, 0.25) is 0 Å². The number of carbonyl (C=O) groups is 2. The molecule has 1 aliphatic rings. The van der Waals surface area contributed by atoms with Crippen LogP contribution in [0.5, 0.6) is 0 Å². The molecule has 0 aromatic heterocycles. The lowest BCUT2D eigenvalue weighted by atomic mass is 9.98. The molecule has 1 atom stereocenters. The Balaban J connectivity index is 1.68. The van der Waals surface area contributed by atoms with Gasteiger partial charge in [0.15, 0.2) is 0 Å². The average Bonchev–Trinajstić information content (AvgIpc) is 2.97. The quantitative estimate of drug-likeness (QED) is 0.752. The van der Waals surface area contributed by atoms with Crippen molar-refractivity contribution in [1.29, 1.82) is 0 Å². The molecule has 0 bridgehead atoms. The van der Waals surface area contributed by atoms with E-state index < -0.39 is 6.09 Å². The van der Waals surface area contributed by atoms with E-state index in [2.05, 4.69) is 34.9 Å². The number of nitrogens with one attached hydrogen (secondary N) is 2. The monoisotopic (exact) mass is 352 g/mol. The van der Waals surface area contributed by atoms with E-state index in [1.54, 1.807) is 0 Å². The summed E-state index contributed by atoms with van der Waals surface area (Å²) < 4.78 is 5.53. The highest BCUT2D eigenvalue weighted by molar-refractivity contribution is 5.79. The summed E-state index contributed by atoms with van der Waals surface area (Å²) in [5, 5.41) is 5.45. The molecule has 0 aliphatic heterocycles. The molecule has 2 aromatic carbocycles. The van der Waals surface area contributed by atoms with Gasteiger partial charge in [-0.1, -0.05) is 62.4 Å². The molecule has 26 heavy (non-hydrogen) atoms. The van der Waals surface area contributed by atoms with Crippen LogP contribution in [0, 0.1) is 5.92 Å². The molecule has 2 aromatic rings. The molecule has 5 nitrogen and oxygen atoms in total. The van der Waals surface area contributed by atoms with Crippen LogP contribution >= 0.6 is 0 Å². The Kier molecular flexibility index (Phi) is 5.56. The molecule has 1 aliphatic carbocycles. The lowest BCUT2D eigenvalue weighted by molar-refractivity contribution is -0.109. The average molecular weight is 352 g/mol. The Morgan fingerprint density at radius 1 is 1.08 bits per heavy atom. The summed E-state index contributed by atoms with van der Waals surface area (Å²) >= 11 is 0. The van der Waals surface area contributed by atoms with E-state index in [4.69, 9.17) is 4.74 Å². The van der Waals surface area contributed by atoms with Crippen LogP contribution < -0.4 is 10.6 Å². The van der Waals surface area contributed by atoms with E-state index in [-0.39, 0.29) is 24.5 Å². The lowest BCUT2D eigenvalue weighted by Gasteiger charge is -2.22. The SMILES string of the molecule is CC(C)[C@@H](CNC=O)NC(=O)OCC1c2ccccc2-c2ccccc21. The van der Waals surface area contributed by atoms with Gasteiger partial charge in [0.05, 0.1) is 6.04 Å².